The third kappa shape index (κ3) is 3.22. The molecule has 4 heteroatoms. The first-order valence-electron chi connectivity index (χ1n) is 5.36. The van der Waals surface area contributed by atoms with Gasteiger partial charge in [0.2, 0.25) is 0 Å². The second-order valence-electron chi connectivity index (χ2n) is 4.74. The van der Waals surface area contributed by atoms with Gasteiger partial charge < -0.3 is 9.88 Å². The Bertz CT molecular complexity index is 441. The Morgan fingerprint density at radius 2 is 2.06 bits per heavy atom. The van der Waals surface area contributed by atoms with Gasteiger partial charge in [-0.25, -0.2) is 0 Å². The molecule has 0 aliphatic carbocycles. The highest BCUT2D eigenvalue weighted by Gasteiger charge is 2.15. The Morgan fingerprint density at radius 3 is 2.50 bits per heavy atom. The summed E-state index contributed by atoms with van der Waals surface area (Å²) in [7, 11) is 0. The molecule has 1 aromatic heterocycles. The number of hydrogen-bond acceptors (Lipinski definition) is 2. The molecular weight excluding hydrogens is 204 g/mol. The number of pyridine rings is 1. The van der Waals surface area contributed by atoms with Crippen molar-refractivity contribution in [2.45, 2.75) is 39.8 Å². The van der Waals surface area contributed by atoms with Crippen LogP contribution in [0.15, 0.2) is 23.1 Å². The molecule has 0 spiro atoms. The normalized spacial score (nSPS) is 11.2. The van der Waals surface area contributed by atoms with Crippen LogP contribution < -0.4 is 10.9 Å². The molecule has 0 aliphatic rings. The van der Waals surface area contributed by atoms with Gasteiger partial charge >= 0.3 is 0 Å². The molecule has 0 saturated heterocycles. The van der Waals surface area contributed by atoms with Gasteiger partial charge in [-0.3, -0.25) is 9.59 Å². The maximum atomic E-state index is 11.8. The first kappa shape index (κ1) is 12.5. The number of nitrogens with one attached hydrogen (secondary N) is 1. The molecule has 0 saturated carbocycles. The van der Waals surface area contributed by atoms with Crippen molar-refractivity contribution in [1.29, 1.82) is 0 Å². The summed E-state index contributed by atoms with van der Waals surface area (Å²) >= 11 is 0. The van der Waals surface area contributed by atoms with Crippen molar-refractivity contribution in [1.82, 2.24) is 9.88 Å². The van der Waals surface area contributed by atoms with Crippen LogP contribution in [0.5, 0.6) is 0 Å². The third-order valence-corrected chi connectivity index (χ3v) is 2.09. The van der Waals surface area contributed by atoms with Crippen LogP contribution in [0, 0.1) is 0 Å². The molecule has 0 aromatic carbocycles. The number of nitrogens with zero attached hydrogens (tertiary/aromatic N) is 1. The second-order valence-corrected chi connectivity index (χ2v) is 4.74. The summed E-state index contributed by atoms with van der Waals surface area (Å²) in [5, 5.41) is 2.81. The number of amides is 1. The highest BCUT2D eigenvalue weighted by molar-refractivity contribution is 5.94. The zero-order chi connectivity index (χ0) is 12.3. The van der Waals surface area contributed by atoms with Crippen LogP contribution in [0.2, 0.25) is 0 Å². The number of carbonyl (C=O) groups is 1. The number of carbonyl (C=O) groups excluding carboxylic acids is 1. The summed E-state index contributed by atoms with van der Waals surface area (Å²) < 4.78 is 1.55. The molecular formula is C12H18N2O2. The monoisotopic (exact) mass is 222 g/mol. The number of rotatable bonds is 2. The second kappa shape index (κ2) is 4.51. The van der Waals surface area contributed by atoms with Crippen LogP contribution in [-0.4, -0.2) is 16.0 Å². The molecule has 88 valence electrons. The standard InChI is InChI=1S/C12H18N2O2/c1-5-14-7-6-9(8-10(14)15)11(16)13-12(2,3)4/h6-8H,5H2,1-4H3,(H,13,16). The molecule has 1 aromatic rings. The van der Waals surface area contributed by atoms with Crippen molar-refractivity contribution in [3.63, 3.8) is 0 Å². The maximum absolute atomic E-state index is 11.8. The summed E-state index contributed by atoms with van der Waals surface area (Å²) in [6.45, 7) is 8.20. The predicted molar refractivity (Wildman–Crippen MR) is 63.6 cm³/mol. The summed E-state index contributed by atoms with van der Waals surface area (Å²) in [5.41, 5.74) is -0.0369. The van der Waals surface area contributed by atoms with E-state index < -0.39 is 0 Å². The van der Waals surface area contributed by atoms with Gasteiger partial charge in [0.25, 0.3) is 11.5 Å². The molecule has 0 fully saturated rings. The fourth-order valence-electron chi connectivity index (χ4n) is 1.32. The Morgan fingerprint density at radius 1 is 1.44 bits per heavy atom. The van der Waals surface area contributed by atoms with Crippen molar-refractivity contribution in [2.75, 3.05) is 0 Å². The van der Waals surface area contributed by atoms with Gasteiger partial charge in [-0.2, -0.15) is 0 Å². The molecule has 0 unspecified atom stereocenters. The van der Waals surface area contributed by atoms with E-state index in [1.807, 2.05) is 27.7 Å². The molecule has 1 N–H and O–H groups in total. The maximum Gasteiger partial charge on any atom is 0.251 e. The number of hydrogen-bond donors (Lipinski definition) is 1. The average molecular weight is 222 g/mol. The smallest absolute Gasteiger partial charge is 0.251 e. The lowest BCUT2D eigenvalue weighted by Crippen LogP contribution is -2.41. The zero-order valence-electron chi connectivity index (χ0n) is 10.2. The Labute approximate surface area is 95.3 Å². The van der Waals surface area contributed by atoms with E-state index in [0.29, 0.717) is 12.1 Å². The van der Waals surface area contributed by atoms with Crippen LogP contribution in [0.3, 0.4) is 0 Å². The molecule has 1 amide bonds. The van der Waals surface area contributed by atoms with E-state index in [1.165, 1.54) is 6.07 Å². The van der Waals surface area contributed by atoms with Crippen molar-refractivity contribution in [3.8, 4) is 0 Å². The summed E-state index contributed by atoms with van der Waals surface area (Å²) in [6.07, 6.45) is 1.64. The topological polar surface area (TPSA) is 51.1 Å². The summed E-state index contributed by atoms with van der Waals surface area (Å²) in [4.78, 5) is 23.3. The van der Waals surface area contributed by atoms with Gasteiger partial charge in [0.05, 0.1) is 0 Å². The van der Waals surface area contributed by atoms with Crippen molar-refractivity contribution in [3.05, 3.63) is 34.2 Å². The van der Waals surface area contributed by atoms with Crippen LogP contribution in [0.1, 0.15) is 38.1 Å². The van der Waals surface area contributed by atoms with E-state index in [0.717, 1.165) is 0 Å². The molecule has 16 heavy (non-hydrogen) atoms. The van der Waals surface area contributed by atoms with Crippen molar-refractivity contribution < 1.29 is 4.79 Å². The van der Waals surface area contributed by atoms with Gasteiger partial charge in [0.1, 0.15) is 0 Å². The minimum atomic E-state index is -0.295. The van der Waals surface area contributed by atoms with E-state index in [9.17, 15) is 9.59 Å². The minimum absolute atomic E-state index is 0.149. The molecule has 0 atom stereocenters. The van der Waals surface area contributed by atoms with Crippen LogP contribution in [0.25, 0.3) is 0 Å². The quantitative estimate of drug-likeness (QED) is 0.822. The lowest BCUT2D eigenvalue weighted by molar-refractivity contribution is 0.0919. The lowest BCUT2D eigenvalue weighted by Gasteiger charge is -2.20. The molecule has 4 nitrogen and oxygen atoms in total. The highest BCUT2D eigenvalue weighted by atomic mass is 16.2. The summed E-state index contributed by atoms with van der Waals surface area (Å²) in [5.74, 6) is -0.215. The first-order chi connectivity index (χ1) is 7.33. The van der Waals surface area contributed by atoms with E-state index in [-0.39, 0.29) is 17.0 Å². The van der Waals surface area contributed by atoms with Crippen molar-refractivity contribution >= 4 is 5.91 Å². The Hall–Kier alpha value is -1.58. The predicted octanol–water partition coefficient (Wildman–Crippen LogP) is 1.40. The van der Waals surface area contributed by atoms with Crippen LogP contribution >= 0.6 is 0 Å². The van der Waals surface area contributed by atoms with Gasteiger partial charge in [-0.15, -0.1) is 0 Å². The van der Waals surface area contributed by atoms with E-state index in [2.05, 4.69) is 5.32 Å². The Balaban J connectivity index is 2.94. The SMILES string of the molecule is CCn1ccc(C(=O)NC(C)(C)C)cc1=O. The molecule has 0 radical (unpaired) electrons. The lowest BCUT2D eigenvalue weighted by atomic mass is 10.1. The number of aryl methyl sites for hydroxylation is 1. The molecule has 1 rings (SSSR count). The highest BCUT2D eigenvalue weighted by Crippen LogP contribution is 2.02. The van der Waals surface area contributed by atoms with Crippen molar-refractivity contribution in [2.24, 2.45) is 0 Å². The molecule has 0 bridgehead atoms. The fourth-order valence-corrected chi connectivity index (χ4v) is 1.32. The van der Waals surface area contributed by atoms with E-state index >= 15 is 0 Å². The average Bonchev–Trinajstić information content (AvgIpc) is 2.15. The van der Waals surface area contributed by atoms with Crippen LogP contribution in [0.4, 0.5) is 0 Å². The Kier molecular flexibility index (Phi) is 3.52. The third-order valence-electron chi connectivity index (χ3n) is 2.09. The minimum Gasteiger partial charge on any atom is -0.347 e. The van der Waals surface area contributed by atoms with E-state index in [1.54, 1.807) is 16.8 Å². The summed E-state index contributed by atoms with van der Waals surface area (Å²) in [6, 6.07) is 3.02. The van der Waals surface area contributed by atoms with Gasteiger partial charge in [-0.1, -0.05) is 0 Å². The molecule has 1 heterocycles. The zero-order valence-corrected chi connectivity index (χ0v) is 10.2. The number of aromatic nitrogens is 1. The largest absolute Gasteiger partial charge is 0.347 e. The molecule has 0 aliphatic heterocycles. The van der Waals surface area contributed by atoms with Gasteiger partial charge in [0.15, 0.2) is 0 Å². The van der Waals surface area contributed by atoms with Gasteiger partial charge in [-0.05, 0) is 33.8 Å². The fraction of sp³-hybridized carbons (Fsp3) is 0.500. The van der Waals surface area contributed by atoms with E-state index in [4.69, 9.17) is 0 Å². The first-order valence-corrected chi connectivity index (χ1v) is 5.36. The van der Waals surface area contributed by atoms with Crippen LogP contribution in [-0.2, 0) is 6.54 Å². The van der Waals surface area contributed by atoms with Gasteiger partial charge in [0, 0.05) is 29.9 Å².